The molecule has 1 aromatic carbocycles. The van der Waals surface area contributed by atoms with Crippen LogP contribution in [0.2, 0.25) is 0 Å². The third-order valence-electron chi connectivity index (χ3n) is 4.04. The highest BCUT2D eigenvalue weighted by molar-refractivity contribution is 5.79. The van der Waals surface area contributed by atoms with Gasteiger partial charge in [0.2, 0.25) is 0 Å². The van der Waals surface area contributed by atoms with Gasteiger partial charge >= 0.3 is 0 Å². The number of piperidine rings is 1. The summed E-state index contributed by atoms with van der Waals surface area (Å²) in [4.78, 5) is 2.29. The molecule has 0 amide bonds. The Kier molecular flexibility index (Phi) is 3.96. The number of likely N-dealkylation sites (tertiary alicyclic amines) is 1. The lowest BCUT2D eigenvalue weighted by atomic mass is 9.91. The predicted molar refractivity (Wildman–Crippen MR) is 73.0 cm³/mol. The van der Waals surface area contributed by atoms with Crippen molar-refractivity contribution < 1.29 is 13.3 Å². The third-order valence-corrected chi connectivity index (χ3v) is 4.04. The molecular weight excluding hydrogens is 262 g/mol. The van der Waals surface area contributed by atoms with Crippen LogP contribution in [-0.2, 0) is 0 Å². The minimum absolute atomic E-state index is 0.251. The number of hydrogen-bond donors (Lipinski definition) is 0. The number of nitrogens with zero attached hydrogens (tertiary/aromatic N) is 2. The van der Waals surface area contributed by atoms with Crippen molar-refractivity contribution >= 4 is 11.0 Å². The summed E-state index contributed by atoms with van der Waals surface area (Å²) < 4.78 is 30.5. The fraction of sp³-hybridized carbons (Fsp3) is 0.533. The first-order valence-corrected chi connectivity index (χ1v) is 7.11. The van der Waals surface area contributed by atoms with E-state index in [-0.39, 0.29) is 12.5 Å². The number of aromatic nitrogens is 1. The lowest BCUT2D eigenvalue weighted by Gasteiger charge is -2.30. The quantitative estimate of drug-likeness (QED) is 0.858. The van der Waals surface area contributed by atoms with Crippen LogP contribution in [-0.4, -0.2) is 36.4 Å². The maximum atomic E-state index is 13.1. The molecule has 0 N–H and O–H groups in total. The van der Waals surface area contributed by atoms with Gasteiger partial charge in [-0.15, -0.1) is 0 Å². The molecule has 2 aromatic rings. The van der Waals surface area contributed by atoms with Gasteiger partial charge in [-0.2, -0.15) is 0 Å². The molecule has 108 valence electrons. The van der Waals surface area contributed by atoms with Crippen LogP contribution in [0.4, 0.5) is 8.78 Å². The fourth-order valence-corrected chi connectivity index (χ4v) is 2.94. The van der Waals surface area contributed by atoms with Crippen LogP contribution < -0.4 is 0 Å². The SMILES string of the molecule is FCCCN1CCC(c2noc3cc(F)ccc23)CC1. The highest BCUT2D eigenvalue weighted by atomic mass is 19.1. The van der Waals surface area contributed by atoms with Crippen molar-refractivity contribution in [2.24, 2.45) is 0 Å². The Balaban J connectivity index is 1.70. The van der Waals surface area contributed by atoms with E-state index in [9.17, 15) is 8.78 Å². The van der Waals surface area contributed by atoms with Gasteiger partial charge in [-0.3, -0.25) is 4.39 Å². The Morgan fingerprint density at radius 3 is 2.85 bits per heavy atom. The van der Waals surface area contributed by atoms with Crippen LogP contribution in [0.1, 0.15) is 30.9 Å². The molecule has 20 heavy (non-hydrogen) atoms. The Bertz CT molecular complexity index is 576. The molecule has 1 aliphatic rings. The van der Waals surface area contributed by atoms with Gasteiger partial charge in [0.25, 0.3) is 0 Å². The highest BCUT2D eigenvalue weighted by Gasteiger charge is 2.24. The monoisotopic (exact) mass is 280 g/mol. The Hall–Kier alpha value is -1.49. The second-order valence-corrected chi connectivity index (χ2v) is 5.37. The zero-order valence-corrected chi connectivity index (χ0v) is 11.3. The minimum Gasteiger partial charge on any atom is -0.356 e. The first-order chi connectivity index (χ1) is 9.78. The first kappa shape index (κ1) is 13.5. The molecule has 1 aliphatic heterocycles. The van der Waals surface area contributed by atoms with Crippen molar-refractivity contribution in [1.29, 1.82) is 0 Å². The van der Waals surface area contributed by atoms with Crippen LogP contribution in [0.5, 0.6) is 0 Å². The average molecular weight is 280 g/mol. The minimum atomic E-state index is -0.304. The average Bonchev–Trinajstić information content (AvgIpc) is 2.88. The maximum absolute atomic E-state index is 13.1. The summed E-state index contributed by atoms with van der Waals surface area (Å²) in [5, 5.41) is 5.04. The summed E-state index contributed by atoms with van der Waals surface area (Å²) in [7, 11) is 0. The summed E-state index contributed by atoms with van der Waals surface area (Å²) in [6, 6.07) is 4.56. The molecule has 0 spiro atoms. The molecule has 1 aromatic heterocycles. The Morgan fingerprint density at radius 1 is 1.30 bits per heavy atom. The van der Waals surface area contributed by atoms with Crippen LogP contribution >= 0.6 is 0 Å². The smallest absolute Gasteiger partial charge is 0.170 e. The Morgan fingerprint density at radius 2 is 2.10 bits per heavy atom. The molecule has 2 heterocycles. The number of alkyl halides is 1. The second-order valence-electron chi connectivity index (χ2n) is 5.37. The molecule has 0 bridgehead atoms. The predicted octanol–water partition coefficient (Wildman–Crippen LogP) is 3.51. The third kappa shape index (κ3) is 2.68. The van der Waals surface area contributed by atoms with Gasteiger partial charge in [-0.1, -0.05) is 5.16 Å². The molecule has 0 aliphatic carbocycles. The van der Waals surface area contributed by atoms with Gasteiger partial charge in [0, 0.05) is 23.9 Å². The maximum Gasteiger partial charge on any atom is 0.170 e. The van der Waals surface area contributed by atoms with Crippen LogP contribution in [0.3, 0.4) is 0 Å². The van der Waals surface area contributed by atoms with E-state index in [0.29, 0.717) is 17.9 Å². The summed E-state index contributed by atoms with van der Waals surface area (Å²) in [5.41, 5.74) is 1.45. The number of benzene rings is 1. The molecule has 3 rings (SSSR count). The molecule has 1 saturated heterocycles. The lowest BCUT2D eigenvalue weighted by molar-refractivity contribution is 0.201. The van der Waals surface area contributed by atoms with E-state index in [2.05, 4.69) is 10.1 Å². The van der Waals surface area contributed by atoms with Gasteiger partial charge < -0.3 is 9.42 Å². The molecule has 5 heteroatoms. The lowest BCUT2D eigenvalue weighted by Crippen LogP contribution is -2.34. The number of rotatable bonds is 4. The normalized spacial score (nSPS) is 17.9. The Labute approximate surface area is 116 Å². The van der Waals surface area contributed by atoms with E-state index in [4.69, 9.17) is 4.52 Å². The number of fused-ring (bicyclic) bond motifs is 1. The van der Waals surface area contributed by atoms with Gasteiger partial charge in [0.15, 0.2) is 5.58 Å². The highest BCUT2D eigenvalue weighted by Crippen LogP contribution is 2.32. The molecule has 0 unspecified atom stereocenters. The fourth-order valence-electron chi connectivity index (χ4n) is 2.94. The van der Waals surface area contributed by atoms with Crippen LogP contribution in [0, 0.1) is 5.82 Å². The van der Waals surface area contributed by atoms with Crippen molar-refractivity contribution in [3.63, 3.8) is 0 Å². The van der Waals surface area contributed by atoms with Gasteiger partial charge in [-0.25, -0.2) is 4.39 Å². The molecule has 0 radical (unpaired) electrons. The largest absolute Gasteiger partial charge is 0.356 e. The van der Waals surface area contributed by atoms with E-state index in [0.717, 1.165) is 43.6 Å². The summed E-state index contributed by atoms with van der Waals surface area (Å²) in [6.07, 6.45) is 2.59. The van der Waals surface area contributed by atoms with Crippen molar-refractivity contribution in [3.05, 3.63) is 29.7 Å². The second kappa shape index (κ2) is 5.87. The molecule has 0 saturated carbocycles. The van der Waals surface area contributed by atoms with E-state index in [1.54, 1.807) is 6.07 Å². The van der Waals surface area contributed by atoms with Crippen molar-refractivity contribution in [2.75, 3.05) is 26.3 Å². The number of hydrogen-bond acceptors (Lipinski definition) is 3. The van der Waals surface area contributed by atoms with E-state index in [1.165, 1.54) is 12.1 Å². The van der Waals surface area contributed by atoms with Gasteiger partial charge in [0.05, 0.1) is 12.4 Å². The van der Waals surface area contributed by atoms with Crippen molar-refractivity contribution in [2.45, 2.75) is 25.2 Å². The molecular formula is C15H18F2N2O. The zero-order valence-electron chi connectivity index (χ0n) is 11.3. The summed E-state index contributed by atoms with van der Waals surface area (Å²) >= 11 is 0. The van der Waals surface area contributed by atoms with Gasteiger partial charge in [-0.05, 0) is 44.5 Å². The van der Waals surface area contributed by atoms with Crippen molar-refractivity contribution in [3.8, 4) is 0 Å². The molecule has 0 atom stereocenters. The zero-order chi connectivity index (χ0) is 13.9. The van der Waals surface area contributed by atoms with E-state index in [1.807, 2.05) is 0 Å². The summed E-state index contributed by atoms with van der Waals surface area (Å²) in [5.74, 6) is 0.0459. The van der Waals surface area contributed by atoms with E-state index < -0.39 is 0 Å². The molecule has 3 nitrogen and oxygen atoms in total. The topological polar surface area (TPSA) is 29.3 Å². The standard InChI is InChI=1S/C15H18F2N2O/c16-6-1-7-19-8-4-11(5-9-19)15-13-3-2-12(17)10-14(13)20-18-15/h2-3,10-11H,1,4-9H2. The molecule has 1 fully saturated rings. The number of halogens is 2. The van der Waals surface area contributed by atoms with E-state index >= 15 is 0 Å². The first-order valence-electron chi connectivity index (χ1n) is 7.11. The summed E-state index contributed by atoms with van der Waals surface area (Å²) in [6.45, 7) is 2.49. The van der Waals surface area contributed by atoms with Crippen molar-refractivity contribution in [1.82, 2.24) is 10.1 Å². The van der Waals surface area contributed by atoms with Gasteiger partial charge in [0.1, 0.15) is 5.82 Å². The van der Waals surface area contributed by atoms with Crippen LogP contribution in [0.15, 0.2) is 22.7 Å². The van der Waals surface area contributed by atoms with Crippen LogP contribution in [0.25, 0.3) is 11.0 Å².